The van der Waals surface area contributed by atoms with E-state index in [0.717, 1.165) is 5.56 Å². The standard InChI is InChI=1S/C61H83N11O15/c1-34(2)49(68-55(80)43(32-48(75)76)66-59(84)51(37(6)73)70-57(82)46-26-18-28-72(46)60(85)50(35(3)4)69-53(78)41(62)29-38-19-10-7-11-20-38)58(83)63-33-47(74)71-27-17-16-25-45(71)56(81)65-42(30-39-21-12-8-13-22-39)54(79)64-36(5)52(77)67-44(61(86)87)31-40-23-14-9-15-24-40/h7-15,19-24,34-37,41-46,49-51,73H,16-18,25-33,62H2,1-6H3,(H,63,83)(H,64,79)(H,65,81)(H,66,84)(H,67,77)(H,68,80)(H,69,78)(H,70,82)(H,75,76)(H,86,87)/t36-,37+,41-,42-,43-,44-,45-,46-,49-,50-,51-/m0/s1. The molecule has 0 aromatic heterocycles. The Kier molecular flexibility index (Phi) is 26.3. The highest BCUT2D eigenvalue weighted by Crippen LogP contribution is 2.22. The zero-order chi connectivity index (χ0) is 64.1. The van der Waals surface area contributed by atoms with Crippen LogP contribution in [-0.2, 0) is 76.8 Å². The van der Waals surface area contributed by atoms with E-state index in [0.29, 0.717) is 30.4 Å². The first-order valence-corrected chi connectivity index (χ1v) is 29.3. The van der Waals surface area contributed by atoms with Crippen molar-refractivity contribution in [3.63, 3.8) is 0 Å². The Bertz CT molecular complexity index is 2900. The normalized spacial score (nSPS) is 18.0. The fourth-order valence-corrected chi connectivity index (χ4v) is 10.2. The van der Waals surface area contributed by atoms with Gasteiger partial charge < -0.3 is 73.4 Å². The third-order valence-corrected chi connectivity index (χ3v) is 15.1. The topological polar surface area (TPSA) is 394 Å². The van der Waals surface area contributed by atoms with E-state index in [2.05, 4.69) is 42.5 Å². The molecule has 2 aliphatic rings. The Labute approximate surface area is 505 Å². The molecule has 26 heteroatoms. The Morgan fingerprint density at radius 2 is 0.977 bits per heavy atom. The largest absolute Gasteiger partial charge is 0.481 e. The number of nitrogens with two attached hydrogens (primary N) is 1. The van der Waals surface area contributed by atoms with Crippen molar-refractivity contribution in [1.29, 1.82) is 0 Å². The Morgan fingerprint density at radius 1 is 0.494 bits per heavy atom. The van der Waals surface area contributed by atoms with Crippen LogP contribution in [0.15, 0.2) is 91.0 Å². The number of likely N-dealkylation sites (tertiary alicyclic amines) is 2. The maximum atomic E-state index is 14.2. The van der Waals surface area contributed by atoms with Crippen molar-refractivity contribution in [1.82, 2.24) is 52.3 Å². The predicted octanol–water partition coefficient (Wildman–Crippen LogP) is -0.804. The predicted molar refractivity (Wildman–Crippen MR) is 316 cm³/mol. The number of aliphatic hydroxyl groups is 1. The van der Waals surface area contributed by atoms with Gasteiger partial charge in [-0.05, 0) is 80.9 Å². The zero-order valence-electron chi connectivity index (χ0n) is 49.9. The number of nitrogens with zero attached hydrogens (tertiary/aromatic N) is 2. The SMILES string of the molecule is CC(C)[C@H](NC(=O)[C@H](CC(=O)O)NC(=O)[C@@H](NC(=O)[C@@H]1CCCN1C(=O)[C@@H](NC(=O)[C@@H](N)Cc1ccccc1)C(C)C)[C@@H](C)O)C(=O)NCC(=O)N1CCCC[C@H]1C(=O)N[C@@H](Cc1ccccc1)C(=O)N[C@@H](C)C(=O)N[C@@H](Cc1ccccc1)C(=O)O. The second-order valence-electron chi connectivity index (χ2n) is 22.7. The van der Waals surface area contributed by atoms with Gasteiger partial charge in [-0.2, -0.15) is 0 Å². The van der Waals surface area contributed by atoms with Crippen molar-refractivity contribution >= 4 is 71.0 Å². The highest BCUT2D eigenvalue weighted by molar-refractivity contribution is 5.99. The molecule has 10 amide bonds. The van der Waals surface area contributed by atoms with E-state index in [1.54, 1.807) is 100 Å². The van der Waals surface area contributed by atoms with Gasteiger partial charge in [-0.3, -0.25) is 52.7 Å². The molecular weight excluding hydrogens is 1130 g/mol. The summed E-state index contributed by atoms with van der Waals surface area (Å²) in [5.41, 5.74) is 8.32. The molecule has 11 atom stereocenters. The van der Waals surface area contributed by atoms with Crippen molar-refractivity contribution in [2.45, 2.75) is 166 Å². The first-order valence-electron chi connectivity index (χ1n) is 29.3. The number of hydrogen-bond donors (Lipinski definition) is 12. The van der Waals surface area contributed by atoms with E-state index < -0.39 is 162 Å². The molecular formula is C61H83N11O15. The third kappa shape index (κ3) is 20.7. The van der Waals surface area contributed by atoms with Crippen LogP contribution in [0.5, 0.6) is 0 Å². The fourth-order valence-electron chi connectivity index (χ4n) is 10.2. The molecule has 0 unspecified atom stereocenters. The van der Waals surface area contributed by atoms with Crippen LogP contribution >= 0.6 is 0 Å². The number of rotatable bonds is 30. The van der Waals surface area contributed by atoms with Gasteiger partial charge in [0, 0.05) is 25.9 Å². The maximum Gasteiger partial charge on any atom is 0.326 e. The summed E-state index contributed by atoms with van der Waals surface area (Å²) in [7, 11) is 0. The van der Waals surface area contributed by atoms with E-state index in [-0.39, 0.29) is 45.2 Å². The molecule has 13 N–H and O–H groups in total. The number of aliphatic hydroxyl groups excluding tert-OH is 1. The minimum absolute atomic E-state index is 0.0220. The van der Waals surface area contributed by atoms with Crippen molar-refractivity contribution < 1.29 is 72.9 Å². The first kappa shape index (κ1) is 69.0. The number of aliphatic carboxylic acids is 2. The number of carbonyl (C=O) groups excluding carboxylic acids is 10. The summed E-state index contributed by atoms with van der Waals surface area (Å²) in [6, 6.07) is 13.1. The Morgan fingerprint density at radius 3 is 1.52 bits per heavy atom. The average molecular weight is 1210 g/mol. The minimum atomic E-state index is -1.88. The number of carboxylic acid groups (broad SMARTS) is 2. The van der Waals surface area contributed by atoms with Crippen molar-refractivity contribution in [3.8, 4) is 0 Å². The third-order valence-electron chi connectivity index (χ3n) is 15.1. The number of nitrogens with one attached hydrogen (secondary N) is 8. The van der Waals surface area contributed by atoms with Crippen LogP contribution in [0.2, 0.25) is 0 Å². The number of amides is 10. The Balaban J connectivity index is 1.20. The molecule has 2 saturated heterocycles. The van der Waals surface area contributed by atoms with Gasteiger partial charge in [0.05, 0.1) is 25.1 Å². The molecule has 2 heterocycles. The van der Waals surface area contributed by atoms with Crippen LogP contribution in [-0.4, -0.2) is 182 Å². The molecule has 0 saturated carbocycles. The second-order valence-corrected chi connectivity index (χ2v) is 22.7. The molecule has 2 aliphatic heterocycles. The molecule has 5 rings (SSSR count). The number of piperidine rings is 1. The molecule has 0 bridgehead atoms. The number of carboxylic acids is 2. The van der Waals surface area contributed by atoms with Crippen LogP contribution in [0.3, 0.4) is 0 Å². The van der Waals surface area contributed by atoms with E-state index in [9.17, 15) is 72.9 Å². The minimum Gasteiger partial charge on any atom is -0.481 e. The van der Waals surface area contributed by atoms with Crippen molar-refractivity contribution in [2.75, 3.05) is 19.6 Å². The van der Waals surface area contributed by atoms with E-state index >= 15 is 0 Å². The molecule has 0 spiro atoms. The summed E-state index contributed by atoms with van der Waals surface area (Å²) in [4.78, 5) is 165. The van der Waals surface area contributed by atoms with Crippen molar-refractivity contribution in [3.05, 3.63) is 108 Å². The van der Waals surface area contributed by atoms with Crippen LogP contribution in [0.1, 0.15) is 96.8 Å². The fraction of sp³-hybridized carbons (Fsp3) is 0.508. The van der Waals surface area contributed by atoms with Gasteiger partial charge in [0.25, 0.3) is 0 Å². The van der Waals surface area contributed by atoms with Crippen LogP contribution in [0, 0.1) is 11.8 Å². The van der Waals surface area contributed by atoms with E-state index in [4.69, 9.17) is 5.73 Å². The highest BCUT2D eigenvalue weighted by Gasteiger charge is 2.42. The molecule has 3 aromatic carbocycles. The summed E-state index contributed by atoms with van der Waals surface area (Å²) in [5.74, 6) is -12.2. The number of carbonyl (C=O) groups is 12. The highest BCUT2D eigenvalue weighted by atomic mass is 16.4. The smallest absolute Gasteiger partial charge is 0.326 e. The van der Waals surface area contributed by atoms with Gasteiger partial charge in [-0.15, -0.1) is 0 Å². The lowest BCUT2D eigenvalue weighted by atomic mass is 9.99. The number of hydrogen-bond acceptors (Lipinski definition) is 14. The van der Waals surface area contributed by atoms with E-state index in [1.807, 2.05) is 18.2 Å². The molecule has 2 fully saturated rings. The number of benzene rings is 3. The summed E-state index contributed by atoms with van der Waals surface area (Å²) in [5, 5.41) is 50.6. The van der Waals surface area contributed by atoms with Gasteiger partial charge in [-0.25, -0.2) is 4.79 Å². The lowest BCUT2D eigenvalue weighted by molar-refractivity contribution is -0.144. The summed E-state index contributed by atoms with van der Waals surface area (Å²) in [6.45, 7) is 8.58. The van der Waals surface area contributed by atoms with Gasteiger partial charge >= 0.3 is 11.9 Å². The van der Waals surface area contributed by atoms with Crippen LogP contribution < -0.4 is 48.3 Å². The van der Waals surface area contributed by atoms with Crippen LogP contribution in [0.25, 0.3) is 0 Å². The first-order chi connectivity index (χ1) is 41.2. The zero-order valence-corrected chi connectivity index (χ0v) is 49.9. The maximum absolute atomic E-state index is 14.2. The molecule has 0 radical (unpaired) electrons. The lowest BCUT2D eigenvalue weighted by Gasteiger charge is -2.36. The molecule has 3 aromatic rings. The second kappa shape index (κ2) is 33.2. The van der Waals surface area contributed by atoms with E-state index in [1.165, 1.54) is 23.6 Å². The average Bonchev–Trinajstić information content (AvgIpc) is 3.70. The summed E-state index contributed by atoms with van der Waals surface area (Å²) >= 11 is 0. The quantitative estimate of drug-likeness (QED) is 0.0389. The van der Waals surface area contributed by atoms with Gasteiger partial charge in [-0.1, -0.05) is 119 Å². The lowest BCUT2D eigenvalue weighted by Crippen LogP contribution is -2.62. The molecule has 26 nitrogen and oxygen atoms in total. The summed E-state index contributed by atoms with van der Waals surface area (Å²) in [6.07, 6.45) is -0.809. The monoisotopic (exact) mass is 1210 g/mol. The van der Waals surface area contributed by atoms with Gasteiger partial charge in [0.1, 0.15) is 54.4 Å². The summed E-state index contributed by atoms with van der Waals surface area (Å²) < 4.78 is 0. The van der Waals surface area contributed by atoms with Gasteiger partial charge in [0.2, 0.25) is 59.1 Å². The Hall–Kier alpha value is -8.78. The molecule has 87 heavy (non-hydrogen) atoms. The van der Waals surface area contributed by atoms with Gasteiger partial charge in [0.15, 0.2) is 0 Å². The van der Waals surface area contributed by atoms with Crippen molar-refractivity contribution in [2.24, 2.45) is 17.6 Å². The van der Waals surface area contributed by atoms with Crippen LogP contribution in [0.4, 0.5) is 0 Å². The molecule has 0 aliphatic carbocycles. The molecule has 472 valence electrons.